The van der Waals surface area contributed by atoms with Gasteiger partial charge in [0.05, 0.1) is 24.4 Å². The zero-order valence-corrected chi connectivity index (χ0v) is 17.1. The van der Waals surface area contributed by atoms with Crippen LogP contribution in [0.15, 0.2) is 64.6 Å². The van der Waals surface area contributed by atoms with Gasteiger partial charge in [-0.1, -0.05) is 6.07 Å². The van der Waals surface area contributed by atoms with Gasteiger partial charge in [0.25, 0.3) is 5.91 Å². The van der Waals surface area contributed by atoms with Crippen LogP contribution < -0.4 is 15.1 Å². The first-order valence-electron chi connectivity index (χ1n) is 9.87. The molecular weight excluding hydrogens is 386 g/mol. The number of carbonyl (C=O) groups is 1. The number of quaternary nitrogens is 1. The predicted molar refractivity (Wildman–Crippen MR) is 114 cm³/mol. The summed E-state index contributed by atoms with van der Waals surface area (Å²) in [7, 11) is 0. The van der Waals surface area contributed by atoms with Gasteiger partial charge in [-0.25, -0.2) is 0 Å². The lowest BCUT2D eigenvalue weighted by atomic mass is 10.2. The number of nitrogens with zero attached hydrogens (tertiary/aromatic N) is 1. The molecule has 1 saturated heterocycles. The van der Waals surface area contributed by atoms with Crippen LogP contribution in [0, 0.1) is 0 Å². The van der Waals surface area contributed by atoms with E-state index in [0.717, 1.165) is 54.9 Å². The maximum Gasteiger partial charge on any atom is 0.279 e. The molecule has 2 N–H and O–H groups in total. The van der Waals surface area contributed by atoms with Crippen LogP contribution in [0.4, 0.5) is 11.4 Å². The topological polar surface area (TPSA) is 59.2 Å². The summed E-state index contributed by atoms with van der Waals surface area (Å²) in [4.78, 5) is 17.4. The number of hydrogen-bond acceptors (Lipinski definition) is 5. The van der Waals surface area contributed by atoms with E-state index in [1.54, 1.807) is 17.6 Å². The van der Waals surface area contributed by atoms with E-state index < -0.39 is 0 Å². The maximum atomic E-state index is 12.7. The summed E-state index contributed by atoms with van der Waals surface area (Å²) >= 11 is 1.71. The molecule has 29 heavy (non-hydrogen) atoms. The Bertz CT molecular complexity index is 836. The monoisotopic (exact) mass is 412 g/mol. The molecule has 1 unspecified atom stereocenters. The minimum absolute atomic E-state index is 0.00207. The molecule has 152 valence electrons. The summed E-state index contributed by atoms with van der Waals surface area (Å²) in [6.07, 6.45) is 1.67. The highest BCUT2D eigenvalue weighted by Gasteiger charge is 2.18. The Hall–Kier alpha value is -2.61. The minimum atomic E-state index is 0.00207. The van der Waals surface area contributed by atoms with Crippen molar-refractivity contribution in [3.63, 3.8) is 0 Å². The second-order valence-electron chi connectivity index (χ2n) is 7.13. The van der Waals surface area contributed by atoms with Crippen molar-refractivity contribution in [3.05, 3.63) is 70.8 Å². The molecule has 1 aliphatic heterocycles. The van der Waals surface area contributed by atoms with E-state index in [1.807, 2.05) is 30.3 Å². The number of carbonyl (C=O) groups excluding carboxylic acids is 1. The molecule has 1 amide bonds. The highest BCUT2D eigenvalue weighted by Crippen LogP contribution is 2.19. The van der Waals surface area contributed by atoms with Gasteiger partial charge in [0.2, 0.25) is 0 Å². The molecular formula is C22H26N3O3S+. The molecule has 0 spiro atoms. The molecule has 3 heterocycles. The molecule has 1 fully saturated rings. The first-order valence-corrected chi connectivity index (χ1v) is 10.8. The van der Waals surface area contributed by atoms with Crippen molar-refractivity contribution in [2.75, 3.05) is 43.1 Å². The molecule has 4 rings (SSSR count). The van der Waals surface area contributed by atoms with Crippen molar-refractivity contribution < 1.29 is 18.8 Å². The van der Waals surface area contributed by atoms with Crippen LogP contribution >= 0.6 is 11.3 Å². The number of morpholine rings is 1. The van der Waals surface area contributed by atoms with Gasteiger partial charge in [0.1, 0.15) is 13.1 Å². The molecule has 0 aliphatic carbocycles. The molecule has 0 radical (unpaired) electrons. The van der Waals surface area contributed by atoms with Gasteiger partial charge in [-0.05, 0) is 47.8 Å². The number of rotatable bonds is 8. The summed E-state index contributed by atoms with van der Waals surface area (Å²) < 4.78 is 10.9. The average molecular weight is 413 g/mol. The Labute approximate surface area is 174 Å². The summed E-state index contributed by atoms with van der Waals surface area (Å²) in [6, 6.07) is 16.0. The van der Waals surface area contributed by atoms with Crippen LogP contribution in [0.1, 0.15) is 10.6 Å². The minimum Gasteiger partial charge on any atom is -0.463 e. The fourth-order valence-corrected chi connectivity index (χ4v) is 4.29. The van der Waals surface area contributed by atoms with Gasteiger partial charge in [0.15, 0.2) is 12.3 Å². The van der Waals surface area contributed by atoms with E-state index in [4.69, 9.17) is 9.15 Å². The Balaban J connectivity index is 1.35. The molecule has 6 nitrogen and oxygen atoms in total. The fraction of sp³-hybridized carbons (Fsp3) is 0.318. The number of benzene rings is 1. The Morgan fingerprint density at radius 3 is 2.59 bits per heavy atom. The number of thiophene rings is 1. The number of ether oxygens (including phenoxy) is 1. The Morgan fingerprint density at radius 2 is 1.90 bits per heavy atom. The summed E-state index contributed by atoms with van der Waals surface area (Å²) in [6.45, 7) is 5.17. The highest BCUT2D eigenvalue weighted by atomic mass is 32.1. The highest BCUT2D eigenvalue weighted by molar-refractivity contribution is 7.09. The van der Waals surface area contributed by atoms with Crippen LogP contribution in [0.3, 0.4) is 0 Å². The standard InChI is InChI=1S/C22H25N3O3S/c26-22(23-18-5-7-19(8-6-18)25-9-12-27-13-10-25)17-24(15-20-3-1-11-28-20)16-21-4-2-14-29-21/h1-8,11,14H,9-10,12-13,15-17H2,(H,23,26)/p+1. The second kappa shape index (κ2) is 9.73. The van der Waals surface area contributed by atoms with Gasteiger partial charge in [-0.15, -0.1) is 11.3 Å². The van der Waals surface area contributed by atoms with E-state index in [-0.39, 0.29) is 5.91 Å². The lowest BCUT2D eigenvalue weighted by Gasteiger charge is -2.28. The summed E-state index contributed by atoms with van der Waals surface area (Å²) in [5.74, 6) is 0.890. The van der Waals surface area contributed by atoms with Gasteiger partial charge < -0.3 is 24.3 Å². The first-order chi connectivity index (χ1) is 14.3. The van der Waals surface area contributed by atoms with E-state index >= 15 is 0 Å². The predicted octanol–water partition coefficient (Wildman–Crippen LogP) is 2.40. The number of hydrogen-bond donors (Lipinski definition) is 2. The normalized spacial score (nSPS) is 15.2. The fourth-order valence-electron chi connectivity index (χ4n) is 3.52. The van der Waals surface area contributed by atoms with E-state index in [2.05, 4.69) is 33.8 Å². The second-order valence-corrected chi connectivity index (χ2v) is 8.17. The largest absolute Gasteiger partial charge is 0.463 e. The number of anilines is 2. The van der Waals surface area contributed by atoms with E-state index in [0.29, 0.717) is 13.1 Å². The number of furan rings is 1. The van der Waals surface area contributed by atoms with Crippen LogP contribution in [0.25, 0.3) is 0 Å². The van der Waals surface area contributed by atoms with E-state index in [1.165, 1.54) is 4.88 Å². The molecule has 1 aliphatic rings. The summed E-state index contributed by atoms with van der Waals surface area (Å²) in [5, 5.41) is 5.10. The van der Waals surface area contributed by atoms with Gasteiger partial charge >= 0.3 is 0 Å². The molecule has 1 atom stereocenters. The maximum absolute atomic E-state index is 12.7. The zero-order valence-electron chi connectivity index (χ0n) is 16.3. The van der Waals surface area contributed by atoms with Crippen LogP contribution in [-0.2, 0) is 22.6 Å². The van der Waals surface area contributed by atoms with Crippen molar-refractivity contribution >= 4 is 28.6 Å². The summed E-state index contributed by atoms with van der Waals surface area (Å²) in [5.41, 5.74) is 1.98. The lowest BCUT2D eigenvalue weighted by molar-refractivity contribution is -0.920. The average Bonchev–Trinajstić information content (AvgIpc) is 3.43. The van der Waals surface area contributed by atoms with Crippen molar-refractivity contribution in [1.29, 1.82) is 0 Å². The van der Waals surface area contributed by atoms with Gasteiger partial charge in [0, 0.05) is 24.5 Å². The molecule has 0 saturated carbocycles. The van der Waals surface area contributed by atoms with Crippen molar-refractivity contribution in [2.45, 2.75) is 13.1 Å². The SMILES string of the molecule is O=C(C[NH+](Cc1ccco1)Cc1cccs1)Nc1ccc(N2CCOCC2)cc1. The zero-order chi connectivity index (χ0) is 19.9. The molecule has 2 aromatic heterocycles. The molecule has 0 bridgehead atoms. The van der Waals surface area contributed by atoms with Gasteiger partial charge in [-0.2, -0.15) is 0 Å². The third-order valence-corrected chi connectivity index (χ3v) is 5.82. The van der Waals surface area contributed by atoms with Crippen molar-refractivity contribution in [2.24, 2.45) is 0 Å². The third kappa shape index (κ3) is 5.69. The van der Waals surface area contributed by atoms with Crippen molar-refractivity contribution in [1.82, 2.24) is 0 Å². The lowest BCUT2D eigenvalue weighted by Crippen LogP contribution is -3.10. The van der Waals surface area contributed by atoms with Crippen LogP contribution in [0.2, 0.25) is 0 Å². The third-order valence-electron chi connectivity index (χ3n) is 4.95. The smallest absolute Gasteiger partial charge is 0.279 e. The quantitative estimate of drug-likeness (QED) is 0.597. The Kier molecular flexibility index (Phi) is 6.61. The number of nitrogens with one attached hydrogen (secondary N) is 2. The van der Waals surface area contributed by atoms with Crippen molar-refractivity contribution in [3.8, 4) is 0 Å². The number of amides is 1. The van der Waals surface area contributed by atoms with Crippen LogP contribution in [0.5, 0.6) is 0 Å². The molecule has 1 aromatic carbocycles. The first kappa shape index (κ1) is 19.7. The Morgan fingerprint density at radius 1 is 1.07 bits per heavy atom. The van der Waals surface area contributed by atoms with Crippen LogP contribution in [-0.4, -0.2) is 38.8 Å². The van der Waals surface area contributed by atoms with Gasteiger partial charge in [-0.3, -0.25) is 4.79 Å². The van der Waals surface area contributed by atoms with E-state index in [9.17, 15) is 4.79 Å². The molecule has 7 heteroatoms. The molecule has 3 aromatic rings.